The average Bonchev–Trinajstić information content (AvgIpc) is 2.87. The van der Waals surface area contributed by atoms with Gasteiger partial charge in [0.2, 0.25) is 0 Å². The molecular formula is C30H47NO11. The minimum absolute atomic E-state index is 0.0318. The number of carboxylic acid groups (broad SMARTS) is 1. The molecule has 4 unspecified atom stereocenters. The molecule has 12 nitrogen and oxygen atoms in total. The van der Waals surface area contributed by atoms with E-state index < -0.39 is 42.7 Å². The molecule has 1 rings (SSSR count). The Hall–Kier alpha value is -3.54. The first-order valence-electron chi connectivity index (χ1n) is 14.6. The predicted octanol–water partition coefficient (Wildman–Crippen LogP) is 6.41. The summed E-state index contributed by atoms with van der Waals surface area (Å²) in [5.41, 5.74) is 0.459. The van der Waals surface area contributed by atoms with Crippen LogP contribution in [0.25, 0.3) is 0 Å². The van der Waals surface area contributed by atoms with Crippen LogP contribution in [-0.4, -0.2) is 66.5 Å². The van der Waals surface area contributed by atoms with Gasteiger partial charge in [-0.1, -0.05) is 46.1 Å². The van der Waals surface area contributed by atoms with E-state index in [0.717, 1.165) is 19.3 Å². The third kappa shape index (κ3) is 14.9. The molecule has 0 fully saturated rings. The van der Waals surface area contributed by atoms with E-state index in [0.29, 0.717) is 24.8 Å². The van der Waals surface area contributed by atoms with Crippen molar-refractivity contribution in [3.8, 4) is 11.5 Å². The summed E-state index contributed by atoms with van der Waals surface area (Å²) in [7, 11) is 0. The fourth-order valence-corrected chi connectivity index (χ4v) is 3.98. The van der Waals surface area contributed by atoms with E-state index in [1.54, 1.807) is 33.8 Å². The molecule has 42 heavy (non-hydrogen) atoms. The average molecular weight is 598 g/mol. The maximum atomic E-state index is 12.4. The summed E-state index contributed by atoms with van der Waals surface area (Å²) >= 11 is 0. The second-order valence-corrected chi connectivity index (χ2v) is 10.3. The van der Waals surface area contributed by atoms with Crippen LogP contribution in [0.1, 0.15) is 92.6 Å². The molecule has 1 aromatic rings. The van der Waals surface area contributed by atoms with Crippen LogP contribution in [0.2, 0.25) is 0 Å². The minimum atomic E-state index is -1.15. The van der Waals surface area contributed by atoms with Crippen molar-refractivity contribution >= 4 is 24.4 Å². The lowest BCUT2D eigenvalue weighted by molar-refractivity contribution is -0.139. The molecule has 0 bridgehead atoms. The highest BCUT2D eigenvalue weighted by atomic mass is 16.8. The van der Waals surface area contributed by atoms with Gasteiger partial charge in [-0.05, 0) is 71.1 Å². The summed E-state index contributed by atoms with van der Waals surface area (Å²) in [6.07, 6.45) is -0.100. The summed E-state index contributed by atoms with van der Waals surface area (Å²) < 4.78 is 31.5. The van der Waals surface area contributed by atoms with E-state index in [2.05, 4.69) is 5.32 Å². The van der Waals surface area contributed by atoms with E-state index in [1.165, 1.54) is 12.1 Å². The number of hydrogen-bond acceptors (Lipinski definition) is 11. The van der Waals surface area contributed by atoms with Gasteiger partial charge in [-0.15, -0.1) is 0 Å². The monoisotopic (exact) mass is 597 g/mol. The molecule has 1 aromatic carbocycles. The number of ether oxygens (including phenoxy) is 6. The third-order valence-corrected chi connectivity index (χ3v) is 6.06. The van der Waals surface area contributed by atoms with Crippen molar-refractivity contribution in [2.75, 3.05) is 6.54 Å². The van der Waals surface area contributed by atoms with Crippen molar-refractivity contribution in [1.82, 2.24) is 5.32 Å². The molecule has 0 heterocycles. The lowest BCUT2D eigenvalue weighted by Crippen LogP contribution is -2.42. The van der Waals surface area contributed by atoms with Gasteiger partial charge in [0.25, 0.3) is 0 Å². The lowest BCUT2D eigenvalue weighted by Gasteiger charge is -2.20. The summed E-state index contributed by atoms with van der Waals surface area (Å²) in [5.74, 6) is -1.37. The molecule has 5 atom stereocenters. The summed E-state index contributed by atoms with van der Waals surface area (Å²) in [4.78, 5) is 48.7. The van der Waals surface area contributed by atoms with Crippen LogP contribution in [0.4, 0.5) is 14.4 Å². The Morgan fingerprint density at radius 2 is 1.14 bits per heavy atom. The number of rotatable bonds is 18. The van der Waals surface area contributed by atoms with Crippen molar-refractivity contribution in [1.29, 1.82) is 0 Å². The first-order valence-corrected chi connectivity index (χ1v) is 14.6. The van der Waals surface area contributed by atoms with Gasteiger partial charge in [-0.25, -0.2) is 14.4 Å². The summed E-state index contributed by atoms with van der Waals surface area (Å²) in [6, 6.07) is 3.24. The summed E-state index contributed by atoms with van der Waals surface area (Å²) in [5, 5.41) is 12.6. The molecule has 0 aromatic heterocycles. The van der Waals surface area contributed by atoms with E-state index in [9.17, 15) is 24.3 Å². The highest BCUT2D eigenvalue weighted by molar-refractivity contribution is 5.74. The molecule has 2 N–H and O–H groups in total. The first kappa shape index (κ1) is 36.5. The van der Waals surface area contributed by atoms with Crippen molar-refractivity contribution in [2.45, 2.75) is 124 Å². The lowest BCUT2D eigenvalue weighted by atomic mass is 10.0. The van der Waals surface area contributed by atoms with Crippen molar-refractivity contribution in [3.05, 3.63) is 23.8 Å². The largest absolute Gasteiger partial charge is 0.514 e. The Balaban J connectivity index is 2.99. The zero-order chi connectivity index (χ0) is 31.7. The topological polar surface area (TPSA) is 156 Å². The van der Waals surface area contributed by atoms with Gasteiger partial charge in [0, 0.05) is 6.54 Å². The molecule has 0 aliphatic heterocycles. The maximum Gasteiger partial charge on any atom is 0.514 e. The standard InChI is InChI=1S/C30H47NO11/c1-8-11-19(4)37-28(34)40-22(7)18-31-24(27(32)33)16-23-14-15-25(41-29(35)38-20(5)12-9-2)26(17-23)42-30(36)39-21(6)13-10-3/h14-15,17,19-22,24,31H,8-13,16,18H2,1-7H3,(H,32,33)/t19?,20?,21?,22?,24-/m0/s1. The fraction of sp³-hybridized carbons (Fsp3) is 0.667. The zero-order valence-electron chi connectivity index (χ0n) is 25.8. The van der Waals surface area contributed by atoms with Gasteiger partial charge in [-0.2, -0.15) is 0 Å². The molecule has 0 radical (unpaired) electrons. The van der Waals surface area contributed by atoms with E-state index in [4.69, 9.17) is 28.4 Å². The van der Waals surface area contributed by atoms with E-state index >= 15 is 0 Å². The number of benzene rings is 1. The summed E-state index contributed by atoms with van der Waals surface area (Å²) in [6.45, 7) is 12.8. The van der Waals surface area contributed by atoms with E-state index in [1.807, 2.05) is 20.8 Å². The minimum Gasteiger partial charge on any atom is -0.480 e. The fourth-order valence-electron chi connectivity index (χ4n) is 3.98. The Morgan fingerprint density at radius 1 is 0.690 bits per heavy atom. The van der Waals surface area contributed by atoms with Crippen LogP contribution in [0.5, 0.6) is 11.5 Å². The molecule has 0 spiro atoms. The number of carbonyl (C=O) groups is 4. The molecular weight excluding hydrogens is 550 g/mol. The van der Waals surface area contributed by atoms with Gasteiger partial charge in [0.05, 0.1) is 0 Å². The zero-order valence-corrected chi connectivity index (χ0v) is 25.8. The number of hydrogen-bond donors (Lipinski definition) is 2. The second kappa shape index (κ2) is 19.6. The second-order valence-electron chi connectivity index (χ2n) is 10.3. The Labute approximate surface area is 248 Å². The van der Waals surface area contributed by atoms with Crippen molar-refractivity contribution in [3.63, 3.8) is 0 Å². The van der Waals surface area contributed by atoms with Crippen LogP contribution in [0.15, 0.2) is 18.2 Å². The van der Waals surface area contributed by atoms with Crippen molar-refractivity contribution < 1.29 is 52.7 Å². The third-order valence-electron chi connectivity index (χ3n) is 6.06. The van der Waals surface area contributed by atoms with Gasteiger partial charge in [0.1, 0.15) is 30.5 Å². The Kier molecular flexibility index (Phi) is 17.0. The smallest absolute Gasteiger partial charge is 0.480 e. The predicted molar refractivity (Wildman–Crippen MR) is 154 cm³/mol. The first-order chi connectivity index (χ1) is 19.9. The van der Waals surface area contributed by atoms with Crippen LogP contribution in [0.3, 0.4) is 0 Å². The van der Waals surface area contributed by atoms with Gasteiger partial charge in [-0.3, -0.25) is 4.79 Å². The molecule has 0 saturated heterocycles. The highest BCUT2D eigenvalue weighted by Crippen LogP contribution is 2.30. The SMILES string of the molecule is CCCC(C)OC(=O)Oc1ccc(C[C@H](NCC(C)OC(=O)OC(C)CCC)C(=O)O)cc1OC(=O)OC(C)CCC. The van der Waals surface area contributed by atoms with Crippen LogP contribution in [-0.2, 0) is 30.2 Å². The van der Waals surface area contributed by atoms with Crippen LogP contribution >= 0.6 is 0 Å². The van der Waals surface area contributed by atoms with Gasteiger partial charge < -0.3 is 38.8 Å². The number of nitrogens with one attached hydrogen (secondary N) is 1. The molecule has 0 amide bonds. The Bertz CT molecular complexity index is 999. The van der Waals surface area contributed by atoms with Crippen LogP contribution in [0, 0.1) is 0 Å². The van der Waals surface area contributed by atoms with Gasteiger partial charge >= 0.3 is 24.4 Å². The van der Waals surface area contributed by atoms with E-state index in [-0.39, 0.29) is 36.7 Å². The maximum absolute atomic E-state index is 12.4. The van der Waals surface area contributed by atoms with Crippen molar-refractivity contribution in [2.24, 2.45) is 0 Å². The molecule has 0 saturated carbocycles. The van der Waals surface area contributed by atoms with Crippen LogP contribution < -0.4 is 14.8 Å². The molecule has 0 aliphatic rings. The number of carboxylic acids is 1. The normalized spacial score (nSPS) is 14.5. The molecule has 238 valence electrons. The number of carbonyl (C=O) groups excluding carboxylic acids is 3. The quantitative estimate of drug-likeness (QED) is 0.109. The number of aliphatic carboxylic acids is 1. The van der Waals surface area contributed by atoms with Gasteiger partial charge in [0.15, 0.2) is 11.5 Å². The highest BCUT2D eigenvalue weighted by Gasteiger charge is 2.23. The Morgan fingerprint density at radius 3 is 1.62 bits per heavy atom. The molecule has 0 aliphatic carbocycles. The molecule has 12 heteroatoms.